The van der Waals surface area contributed by atoms with Gasteiger partial charge in [-0.05, 0) is 48.8 Å². The molecule has 0 amide bonds. The number of halogens is 1. The van der Waals surface area contributed by atoms with Gasteiger partial charge in [0.15, 0.2) is 5.96 Å². The van der Waals surface area contributed by atoms with Crippen molar-refractivity contribution in [1.82, 2.24) is 20.4 Å². The summed E-state index contributed by atoms with van der Waals surface area (Å²) in [7, 11) is 1.79. The molecule has 0 unspecified atom stereocenters. The lowest BCUT2D eigenvalue weighted by molar-refractivity contribution is 0.138. The molecule has 2 aromatic rings. The Labute approximate surface area is 197 Å². The average molecular weight is 525 g/mol. The van der Waals surface area contributed by atoms with Crippen molar-refractivity contribution in [3.63, 3.8) is 0 Å². The van der Waals surface area contributed by atoms with Gasteiger partial charge in [0.05, 0.1) is 13.1 Å². The number of guanidine groups is 1. The minimum atomic E-state index is 0. The normalized spacial score (nSPS) is 15.6. The Hall–Kier alpha value is -1.61. The van der Waals surface area contributed by atoms with Gasteiger partial charge in [0, 0.05) is 39.2 Å². The molecule has 1 aromatic heterocycles. The van der Waals surface area contributed by atoms with Crippen LogP contribution in [0.5, 0.6) is 0 Å². The molecule has 0 bridgehead atoms. The molecule has 166 valence electrons. The number of benzene rings is 1. The van der Waals surface area contributed by atoms with E-state index in [0.29, 0.717) is 12.0 Å². The van der Waals surface area contributed by atoms with Crippen molar-refractivity contribution in [1.29, 1.82) is 0 Å². The number of ether oxygens (including phenoxy) is 1. The fourth-order valence-corrected chi connectivity index (χ4v) is 4.17. The summed E-state index contributed by atoms with van der Waals surface area (Å²) in [6, 6.07) is 10.4. The van der Waals surface area contributed by atoms with Crippen molar-refractivity contribution in [3.8, 4) is 0 Å². The van der Waals surface area contributed by atoms with Crippen molar-refractivity contribution in [2.45, 2.75) is 52.1 Å². The standard InChI is InChI=1S/C23H35N5O.HI/c1-3-24-22(26-19-23(13-16-29-2)11-6-7-12-23)25-17-20-9-4-5-10-21(20)18-28-15-8-14-27-28;/h4-5,8-10,14-15H,3,6-7,11-13,16-19H2,1-2H3,(H2,24,25,26);1H. The van der Waals surface area contributed by atoms with Gasteiger partial charge in [-0.15, -0.1) is 24.0 Å². The van der Waals surface area contributed by atoms with E-state index in [1.165, 1.54) is 36.8 Å². The Balaban J connectivity index is 0.00000320. The van der Waals surface area contributed by atoms with Gasteiger partial charge in [0.25, 0.3) is 0 Å². The molecule has 3 rings (SSSR count). The molecule has 1 fully saturated rings. The molecular formula is C23H36IN5O. The monoisotopic (exact) mass is 525 g/mol. The average Bonchev–Trinajstić information content (AvgIpc) is 3.42. The van der Waals surface area contributed by atoms with Gasteiger partial charge in [-0.1, -0.05) is 37.1 Å². The second kappa shape index (κ2) is 12.9. The highest BCUT2D eigenvalue weighted by molar-refractivity contribution is 14.0. The van der Waals surface area contributed by atoms with E-state index in [4.69, 9.17) is 9.73 Å². The van der Waals surface area contributed by atoms with E-state index < -0.39 is 0 Å². The third-order valence-corrected chi connectivity index (χ3v) is 5.89. The highest BCUT2D eigenvalue weighted by Crippen LogP contribution is 2.40. The number of methoxy groups -OCH3 is 1. The summed E-state index contributed by atoms with van der Waals surface area (Å²) in [5, 5.41) is 11.3. The number of nitrogens with zero attached hydrogens (tertiary/aromatic N) is 3. The fourth-order valence-electron chi connectivity index (χ4n) is 4.17. The topological polar surface area (TPSA) is 63.5 Å². The van der Waals surface area contributed by atoms with Crippen molar-refractivity contribution in [2.75, 3.05) is 26.8 Å². The number of rotatable bonds is 10. The van der Waals surface area contributed by atoms with Gasteiger partial charge in [-0.2, -0.15) is 5.10 Å². The molecular weight excluding hydrogens is 489 g/mol. The molecule has 1 heterocycles. The molecule has 2 N–H and O–H groups in total. The quantitative estimate of drug-likeness (QED) is 0.277. The molecule has 0 spiro atoms. The van der Waals surface area contributed by atoms with Crippen LogP contribution >= 0.6 is 24.0 Å². The minimum absolute atomic E-state index is 0. The summed E-state index contributed by atoms with van der Waals surface area (Å²) in [6.45, 7) is 6.17. The van der Waals surface area contributed by atoms with Crippen LogP contribution in [0.4, 0.5) is 0 Å². The maximum Gasteiger partial charge on any atom is 0.191 e. The third-order valence-electron chi connectivity index (χ3n) is 5.89. The smallest absolute Gasteiger partial charge is 0.191 e. The molecule has 6 nitrogen and oxygen atoms in total. The fraction of sp³-hybridized carbons (Fsp3) is 0.565. The van der Waals surface area contributed by atoms with Gasteiger partial charge in [-0.25, -0.2) is 4.99 Å². The zero-order valence-corrected chi connectivity index (χ0v) is 20.6. The van der Waals surface area contributed by atoms with Crippen molar-refractivity contribution in [3.05, 3.63) is 53.9 Å². The zero-order valence-electron chi connectivity index (χ0n) is 18.3. The van der Waals surface area contributed by atoms with Crippen LogP contribution in [0, 0.1) is 5.41 Å². The van der Waals surface area contributed by atoms with Crippen molar-refractivity contribution in [2.24, 2.45) is 10.4 Å². The van der Waals surface area contributed by atoms with Crippen molar-refractivity contribution < 1.29 is 4.74 Å². The lowest BCUT2D eigenvalue weighted by Gasteiger charge is -2.30. The highest BCUT2D eigenvalue weighted by atomic mass is 127. The van der Waals surface area contributed by atoms with Gasteiger partial charge < -0.3 is 15.4 Å². The van der Waals surface area contributed by atoms with Gasteiger partial charge in [-0.3, -0.25) is 4.68 Å². The molecule has 0 saturated heterocycles. The SMILES string of the molecule is CCNC(=NCc1ccccc1Cn1cccn1)NCC1(CCOC)CCCC1.I. The summed E-state index contributed by atoms with van der Waals surface area (Å²) in [5.41, 5.74) is 2.82. The maximum atomic E-state index is 5.36. The Morgan fingerprint density at radius 1 is 1.17 bits per heavy atom. The molecule has 1 saturated carbocycles. The Morgan fingerprint density at radius 2 is 1.93 bits per heavy atom. The first-order valence-corrected chi connectivity index (χ1v) is 10.8. The summed E-state index contributed by atoms with van der Waals surface area (Å²) in [5.74, 6) is 0.894. The first kappa shape index (κ1) is 24.7. The third kappa shape index (κ3) is 7.27. The van der Waals surface area contributed by atoms with Crippen LogP contribution in [0.2, 0.25) is 0 Å². The predicted octanol–water partition coefficient (Wildman–Crippen LogP) is 4.20. The van der Waals surface area contributed by atoms with Crippen LogP contribution in [0.25, 0.3) is 0 Å². The van der Waals surface area contributed by atoms with Crippen LogP contribution in [-0.2, 0) is 17.8 Å². The number of aromatic nitrogens is 2. The van der Waals surface area contributed by atoms with E-state index in [0.717, 1.165) is 38.6 Å². The molecule has 0 atom stereocenters. The molecule has 1 aliphatic carbocycles. The van der Waals surface area contributed by atoms with Crippen LogP contribution in [0.1, 0.15) is 50.2 Å². The lowest BCUT2D eigenvalue weighted by atomic mass is 9.83. The van der Waals surface area contributed by atoms with E-state index >= 15 is 0 Å². The Bertz CT molecular complexity index is 757. The molecule has 0 radical (unpaired) electrons. The molecule has 0 aliphatic heterocycles. The van der Waals surface area contributed by atoms with E-state index in [1.54, 1.807) is 7.11 Å². The number of aliphatic imine (C=N–C) groups is 1. The van der Waals surface area contributed by atoms with E-state index in [2.05, 4.69) is 46.9 Å². The number of hydrogen-bond donors (Lipinski definition) is 2. The second-order valence-electron chi connectivity index (χ2n) is 7.97. The van der Waals surface area contributed by atoms with E-state index in [1.807, 2.05) is 23.1 Å². The molecule has 30 heavy (non-hydrogen) atoms. The van der Waals surface area contributed by atoms with Gasteiger partial charge >= 0.3 is 0 Å². The van der Waals surface area contributed by atoms with Crippen LogP contribution < -0.4 is 10.6 Å². The predicted molar refractivity (Wildman–Crippen MR) is 133 cm³/mol. The Kier molecular flexibility index (Phi) is 10.6. The molecule has 1 aromatic carbocycles. The van der Waals surface area contributed by atoms with E-state index in [9.17, 15) is 0 Å². The number of hydrogen-bond acceptors (Lipinski definition) is 3. The summed E-state index contributed by atoms with van der Waals surface area (Å²) in [6.07, 6.45) is 10.1. The van der Waals surface area contributed by atoms with Crippen LogP contribution in [-0.4, -0.2) is 42.5 Å². The number of nitrogens with one attached hydrogen (secondary N) is 2. The first-order valence-electron chi connectivity index (χ1n) is 10.8. The first-order chi connectivity index (χ1) is 14.2. The zero-order chi connectivity index (χ0) is 20.4. The Morgan fingerprint density at radius 3 is 2.60 bits per heavy atom. The minimum Gasteiger partial charge on any atom is -0.385 e. The largest absolute Gasteiger partial charge is 0.385 e. The van der Waals surface area contributed by atoms with Gasteiger partial charge in [0.1, 0.15) is 0 Å². The summed E-state index contributed by atoms with van der Waals surface area (Å²) >= 11 is 0. The lowest BCUT2D eigenvalue weighted by Crippen LogP contribution is -2.43. The second-order valence-corrected chi connectivity index (χ2v) is 7.97. The van der Waals surface area contributed by atoms with Crippen LogP contribution in [0.3, 0.4) is 0 Å². The highest BCUT2D eigenvalue weighted by Gasteiger charge is 2.33. The molecule has 1 aliphatic rings. The summed E-state index contributed by atoms with van der Waals surface area (Å²) in [4.78, 5) is 4.88. The molecule has 7 heteroatoms. The maximum absolute atomic E-state index is 5.36. The van der Waals surface area contributed by atoms with Gasteiger partial charge in [0.2, 0.25) is 0 Å². The van der Waals surface area contributed by atoms with Crippen LogP contribution in [0.15, 0.2) is 47.7 Å². The van der Waals surface area contributed by atoms with Crippen molar-refractivity contribution >= 4 is 29.9 Å². The van der Waals surface area contributed by atoms with E-state index in [-0.39, 0.29) is 24.0 Å². The summed E-state index contributed by atoms with van der Waals surface area (Å²) < 4.78 is 7.31.